The van der Waals surface area contributed by atoms with Crippen LogP contribution >= 0.6 is 7.07 Å². The van der Waals surface area contributed by atoms with Gasteiger partial charge in [-0.2, -0.15) is 0 Å². The molecule has 4 heteroatoms. The van der Waals surface area contributed by atoms with Crippen LogP contribution in [0.4, 0.5) is 0 Å². The summed E-state index contributed by atoms with van der Waals surface area (Å²) in [7, 11) is -1.04. The van der Waals surface area contributed by atoms with Crippen molar-refractivity contribution in [3.63, 3.8) is 0 Å². The molecule has 2 nitrogen and oxygen atoms in total. The summed E-state index contributed by atoms with van der Waals surface area (Å²) in [6.45, 7) is 0. The highest BCUT2D eigenvalue weighted by molar-refractivity contribution is 8.01. The van der Waals surface area contributed by atoms with E-state index in [0.717, 1.165) is 11.8 Å². The lowest BCUT2D eigenvalue weighted by molar-refractivity contribution is 0.160. The molecule has 11 heavy (non-hydrogen) atoms. The Hall–Kier alpha value is 0.440. The molecule has 0 amide bonds. The largest absolute Gasteiger partial charge is 0.436 e. The van der Waals surface area contributed by atoms with Crippen LogP contribution in [0.1, 0.15) is 25.7 Å². The molecule has 2 fully saturated rings. The molecule has 0 aromatic heterocycles. The predicted molar refractivity (Wildman–Crippen MR) is 48.8 cm³/mol. The molecule has 62 valence electrons. The minimum absolute atomic E-state index is 0.419. The van der Waals surface area contributed by atoms with Crippen molar-refractivity contribution in [2.75, 3.05) is 0 Å². The van der Waals surface area contributed by atoms with E-state index in [1.54, 1.807) is 0 Å². The fourth-order valence-corrected chi connectivity index (χ4v) is 3.31. The number of hydrogen-bond acceptors (Lipinski definition) is 2. The SMILES string of the molecule is N[P+](=S)OC1CC2CCC1C2. The zero-order valence-corrected chi connectivity index (χ0v) is 8.11. The van der Waals surface area contributed by atoms with Crippen molar-refractivity contribution in [1.29, 1.82) is 0 Å². The first-order valence-corrected chi connectivity index (χ1v) is 6.48. The van der Waals surface area contributed by atoms with Crippen molar-refractivity contribution < 1.29 is 4.52 Å². The van der Waals surface area contributed by atoms with Crippen LogP contribution in [0.5, 0.6) is 0 Å². The van der Waals surface area contributed by atoms with Crippen LogP contribution < -0.4 is 5.50 Å². The highest BCUT2D eigenvalue weighted by Gasteiger charge is 2.42. The highest BCUT2D eigenvalue weighted by Crippen LogP contribution is 2.47. The molecule has 2 aliphatic carbocycles. The average molecular weight is 190 g/mol. The van der Waals surface area contributed by atoms with Crippen molar-refractivity contribution >= 4 is 18.9 Å². The third-order valence-corrected chi connectivity index (χ3v) is 3.65. The van der Waals surface area contributed by atoms with Gasteiger partial charge in [0.05, 0.1) is 0 Å². The van der Waals surface area contributed by atoms with E-state index >= 15 is 0 Å². The molecule has 0 aliphatic heterocycles. The fraction of sp³-hybridized carbons (Fsp3) is 1.00. The summed E-state index contributed by atoms with van der Waals surface area (Å²) >= 11 is 4.85. The minimum atomic E-state index is -1.04. The first-order valence-electron chi connectivity index (χ1n) is 4.14. The summed E-state index contributed by atoms with van der Waals surface area (Å²) in [6.07, 6.45) is 5.75. The molecule has 2 N–H and O–H groups in total. The average Bonchev–Trinajstić information content (AvgIpc) is 2.45. The molecular formula is C7H13NOPS+. The molecule has 2 bridgehead atoms. The smallest absolute Gasteiger partial charge is 0.149 e. The first kappa shape index (κ1) is 8.06. The lowest BCUT2D eigenvalue weighted by Crippen LogP contribution is -2.18. The Kier molecular flexibility index (Phi) is 2.24. The maximum Gasteiger partial charge on any atom is 0.436 e. The Morgan fingerprint density at radius 3 is 2.64 bits per heavy atom. The Morgan fingerprint density at radius 2 is 2.18 bits per heavy atom. The Balaban J connectivity index is 1.92. The van der Waals surface area contributed by atoms with E-state index in [9.17, 15) is 0 Å². The van der Waals surface area contributed by atoms with E-state index in [1.807, 2.05) is 0 Å². The van der Waals surface area contributed by atoms with Gasteiger partial charge in [-0.05, 0) is 37.5 Å². The topological polar surface area (TPSA) is 35.2 Å². The van der Waals surface area contributed by atoms with Crippen molar-refractivity contribution in [1.82, 2.24) is 0 Å². The van der Waals surface area contributed by atoms with Crippen LogP contribution in [0.2, 0.25) is 0 Å². The quantitative estimate of drug-likeness (QED) is 0.676. The fourth-order valence-electron chi connectivity index (χ4n) is 2.45. The van der Waals surface area contributed by atoms with Gasteiger partial charge in [-0.3, -0.25) is 0 Å². The van der Waals surface area contributed by atoms with Gasteiger partial charge in [-0.15, -0.1) is 10.0 Å². The second kappa shape index (κ2) is 3.06. The first-order chi connectivity index (χ1) is 5.25. The number of fused-ring (bicyclic) bond motifs is 2. The van der Waals surface area contributed by atoms with Crippen molar-refractivity contribution in [2.24, 2.45) is 17.3 Å². The number of hydrogen-bond donors (Lipinski definition) is 1. The Labute approximate surface area is 73.0 Å². The molecule has 2 rings (SSSR count). The van der Waals surface area contributed by atoms with Crippen molar-refractivity contribution in [3.8, 4) is 0 Å². The molecule has 0 saturated heterocycles. The van der Waals surface area contributed by atoms with Crippen LogP contribution in [-0.4, -0.2) is 6.10 Å². The molecule has 0 aromatic carbocycles. The summed E-state index contributed by atoms with van der Waals surface area (Å²) in [5.41, 5.74) is 5.46. The van der Waals surface area contributed by atoms with E-state index in [2.05, 4.69) is 0 Å². The van der Waals surface area contributed by atoms with Gasteiger partial charge >= 0.3 is 7.07 Å². The van der Waals surface area contributed by atoms with Crippen LogP contribution in [0.25, 0.3) is 0 Å². The van der Waals surface area contributed by atoms with E-state index < -0.39 is 7.07 Å². The molecule has 4 unspecified atom stereocenters. The van der Waals surface area contributed by atoms with Gasteiger partial charge in [0, 0.05) is 0 Å². The summed E-state index contributed by atoms with van der Waals surface area (Å²) < 4.78 is 5.50. The van der Waals surface area contributed by atoms with E-state index in [-0.39, 0.29) is 0 Å². The predicted octanol–water partition coefficient (Wildman–Crippen LogP) is 1.92. The van der Waals surface area contributed by atoms with Gasteiger partial charge in [0.15, 0.2) is 0 Å². The van der Waals surface area contributed by atoms with E-state index in [4.69, 9.17) is 21.8 Å². The van der Waals surface area contributed by atoms with Crippen molar-refractivity contribution in [2.45, 2.75) is 31.8 Å². The van der Waals surface area contributed by atoms with Crippen molar-refractivity contribution in [3.05, 3.63) is 0 Å². The molecule has 0 heterocycles. The summed E-state index contributed by atoms with van der Waals surface area (Å²) in [5, 5.41) is 0. The second-order valence-corrected chi connectivity index (χ2v) is 5.47. The molecule has 0 spiro atoms. The number of rotatable bonds is 2. The highest BCUT2D eigenvalue weighted by atomic mass is 32.4. The van der Waals surface area contributed by atoms with Crippen LogP contribution in [0, 0.1) is 11.8 Å². The maximum absolute atomic E-state index is 5.50. The van der Waals surface area contributed by atoms with E-state index in [0.29, 0.717) is 6.10 Å². The normalized spacial score (nSPS) is 43.0. The van der Waals surface area contributed by atoms with Crippen LogP contribution in [-0.2, 0) is 16.3 Å². The molecule has 0 radical (unpaired) electrons. The maximum atomic E-state index is 5.50. The summed E-state index contributed by atoms with van der Waals surface area (Å²) in [4.78, 5) is 0. The van der Waals surface area contributed by atoms with Gasteiger partial charge < -0.3 is 0 Å². The second-order valence-electron chi connectivity index (χ2n) is 3.60. The van der Waals surface area contributed by atoms with Gasteiger partial charge in [-0.1, -0.05) is 0 Å². The standard InChI is InChI=1S/C7H13NOPS/c8-10(11)9-7-4-5-1-2-6(7)3-5/h5-7H,1-4H2,(H2,8,11)/q+1. The third-order valence-electron chi connectivity index (χ3n) is 2.91. The lowest BCUT2D eigenvalue weighted by Gasteiger charge is -2.15. The minimum Gasteiger partial charge on any atom is -0.149 e. The van der Waals surface area contributed by atoms with Crippen LogP contribution in [0.15, 0.2) is 0 Å². The Bertz CT molecular complexity index is 187. The molecular weight excluding hydrogens is 177 g/mol. The molecule has 0 aromatic rings. The monoisotopic (exact) mass is 190 g/mol. The summed E-state index contributed by atoms with van der Waals surface area (Å²) in [6, 6.07) is 0. The third kappa shape index (κ3) is 1.62. The van der Waals surface area contributed by atoms with Gasteiger partial charge in [0.1, 0.15) is 6.10 Å². The zero-order valence-electron chi connectivity index (χ0n) is 6.40. The van der Waals surface area contributed by atoms with Crippen LogP contribution in [0.3, 0.4) is 0 Å². The molecule has 4 atom stereocenters. The van der Waals surface area contributed by atoms with Gasteiger partial charge in [0.2, 0.25) is 11.8 Å². The molecule has 2 saturated carbocycles. The lowest BCUT2D eigenvalue weighted by atomic mass is 9.98. The number of nitrogens with two attached hydrogens (primary N) is 1. The summed E-state index contributed by atoms with van der Waals surface area (Å²) in [5.74, 6) is 1.71. The van der Waals surface area contributed by atoms with Gasteiger partial charge in [0.25, 0.3) is 0 Å². The molecule has 2 aliphatic rings. The zero-order chi connectivity index (χ0) is 7.84. The van der Waals surface area contributed by atoms with Gasteiger partial charge in [-0.25, -0.2) is 0 Å². The van der Waals surface area contributed by atoms with E-state index in [1.165, 1.54) is 25.7 Å². The Morgan fingerprint density at radius 1 is 1.36 bits per heavy atom.